The lowest BCUT2D eigenvalue weighted by Crippen LogP contribution is -2.40. The summed E-state index contributed by atoms with van der Waals surface area (Å²) in [6, 6.07) is 8.84. The lowest BCUT2D eigenvalue weighted by Gasteiger charge is -2.33. The van der Waals surface area contributed by atoms with Gasteiger partial charge in [-0.2, -0.15) is 5.10 Å². The van der Waals surface area contributed by atoms with Gasteiger partial charge in [-0.1, -0.05) is 11.6 Å². The molecule has 34 heavy (non-hydrogen) atoms. The van der Waals surface area contributed by atoms with Crippen LogP contribution in [0.2, 0.25) is 0 Å². The molecule has 1 fully saturated rings. The van der Waals surface area contributed by atoms with Crippen LogP contribution >= 0.6 is 0 Å². The van der Waals surface area contributed by atoms with E-state index in [9.17, 15) is 9.59 Å². The van der Waals surface area contributed by atoms with Crippen molar-refractivity contribution in [3.8, 4) is 0 Å². The fourth-order valence-electron chi connectivity index (χ4n) is 4.81. The van der Waals surface area contributed by atoms with Crippen molar-refractivity contribution in [2.75, 3.05) is 18.4 Å². The first kappa shape index (κ1) is 23.9. The van der Waals surface area contributed by atoms with E-state index in [-0.39, 0.29) is 17.6 Å². The second-order valence-electron chi connectivity index (χ2n) is 10.2. The Morgan fingerprint density at radius 3 is 2.71 bits per heavy atom. The number of amides is 2. The third-order valence-electron chi connectivity index (χ3n) is 6.21. The fourth-order valence-corrected chi connectivity index (χ4v) is 4.81. The first-order valence-corrected chi connectivity index (χ1v) is 12.0. The number of carbonyl (C=O) groups is 2. The third-order valence-corrected chi connectivity index (χ3v) is 6.21. The van der Waals surface area contributed by atoms with Gasteiger partial charge in [0.15, 0.2) is 5.82 Å². The minimum absolute atomic E-state index is 0.126. The molecule has 3 heterocycles. The van der Waals surface area contributed by atoms with Gasteiger partial charge in [-0.3, -0.25) is 14.8 Å². The average molecular weight is 466 g/mol. The summed E-state index contributed by atoms with van der Waals surface area (Å²) in [7, 11) is 1.73. The minimum Gasteiger partial charge on any atom is -0.444 e. The van der Waals surface area contributed by atoms with E-state index in [0.717, 1.165) is 19.4 Å². The maximum Gasteiger partial charge on any atom is 0.413 e. The monoisotopic (exact) mass is 465 g/mol. The highest BCUT2D eigenvalue weighted by atomic mass is 16.6. The number of nitrogens with one attached hydrogen (secondary N) is 1. The van der Waals surface area contributed by atoms with Crippen molar-refractivity contribution in [3.05, 3.63) is 47.3 Å². The molecule has 1 saturated heterocycles. The Bertz CT molecular complexity index is 1220. The van der Waals surface area contributed by atoms with Crippen molar-refractivity contribution < 1.29 is 14.3 Å². The molecule has 182 valence electrons. The van der Waals surface area contributed by atoms with Gasteiger partial charge in [0.25, 0.3) is 5.91 Å². The van der Waals surface area contributed by atoms with Crippen LogP contribution in [0.15, 0.2) is 30.5 Å². The number of ether oxygens (including phenoxy) is 1. The smallest absolute Gasteiger partial charge is 0.413 e. The Hall–Kier alpha value is -3.29. The van der Waals surface area contributed by atoms with Crippen molar-refractivity contribution in [1.29, 1.82) is 0 Å². The summed E-state index contributed by atoms with van der Waals surface area (Å²) >= 11 is 0. The summed E-state index contributed by atoms with van der Waals surface area (Å²) < 4.78 is 9.25. The highest BCUT2D eigenvalue weighted by Crippen LogP contribution is 2.33. The number of hydrogen-bond donors (Lipinski definition) is 1. The molecule has 1 N–H and O–H groups in total. The van der Waals surface area contributed by atoms with Crippen molar-refractivity contribution in [2.45, 2.75) is 65.5 Å². The van der Waals surface area contributed by atoms with Gasteiger partial charge in [0.05, 0.1) is 0 Å². The molecule has 3 aromatic rings. The largest absolute Gasteiger partial charge is 0.444 e. The molecule has 1 aromatic carbocycles. The predicted molar refractivity (Wildman–Crippen MR) is 133 cm³/mol. The van der Waals surface area contributed by atoms with E-state index in [1.807, 2.05) is 4.90 Å². The molecule has 1 atom stereocenters. The Balaban J connectivity index is 1.56. The number of anilines is 1. The maximum atomic E-state index is 13.5. The van der Waals surface area contributed by atoms with Crippen LogP contribution in [0.3, 0.4) is 0 Å². The van der Waals surface area contributed by atoms with Crippen LogP contribution in [0.4, 0.5) is 10.6 Å². The second kappa shape index (κ2) is 9.16. The van der Waals surface area contributed by atoms with E-state index in [1.165, 1.54) is 22.2 Å². The molecular weight excluding hydrogens is 430 g/mol. The van der Waals surface area contributed by atoms with Crippen molar-refractivity contribution in [1.82, 2.24) is 19.2 Å². The average Bonchev–Trinajstić information content (AvgIpc) is 3.31. The zero-order valence-corrected chi connectivity index (χ0v) is 21.0. The van der Waals surface area contributed by atoms with Gasteiger partial charge >= 0.3 is 6.09 Å². The number of aromatic nitrogens is 3. The molecule has 1 aliphatic heterocycles. The summed E-state index contributed by atoms with van der Waals surface area (Å²) in [5, 5.41) is 8.19. The van der Waals surface area contributed by atoms with Gasteiger partial charge in [0, 0.05) is 55.4 Å². The van der Waals surface area contributed by atoms with Gasteiger partial charge < -0.3 is 14.2 Å². The molecule has 0 bridgehead atoms. The number of rotatable bonds is 4. The molecule has 1 aliphatic rings. The third kappa shape index (κ3) is 4.95. The highest BCUT2D eigenvalue weighted by molar-refractivity contribution is 6.01. The maximum absolute atomic E-state index is 13.5. The number of nitrogens with zero attached hydrogens (tertiary/aromatic N) is 4. The summed E-state index contributed by atoms with van der Waals surface area (Å²) in [5.74, 6) is 0.352. The molecule has 8 heteroatoms. The Labute approximate surface area is 200 Å². The van der Waals surface area contributed by atoms with Crippen LogP contribution in [0.25, 0.3) is 10.9 Å². The molecule has 1 unspecified atom stereocenters. The molecule has 0 radical (unpaired) electrons. The van der Waals surface area contributed by atoms with Crippen LogP contribution < -0.4 is 5.32 Å². The van der Waals surface area contributed by atoms with Crippen LogP contribution in [-0.4, -0.2) is 49.9 Å². The van der Waals surface area contributed by atoms with Gasteiger partial charge in [-0.25, -0.2) is 4.79 Å². The van der Waals surface area contributed by atoms with Crippen LogP contribution in [0, 0.1) is 6.92 Å². The lowest BCUT2D eigenvalue weighted by atomic mass is 9.94. The Morgan fingerprint density at radius 1 is 1.24 bits per heavy atom. The number of likely N-dealkylation sites (tertiary alicyclic amines) is 1. The van der Waals surface area contributed by atoms with Crippen molar-refractivity contribution in [3.63, 3.8) is 0 Å². The summed E-state index contributed by atoms with van der Waals surface area (Å²) in [4.78, 5) is 27.7. The number of carbonyl (C=O) groups excluding carboxylic acids is 2. The Morgan fingerprint density at radius 2 is 2.00 bits per heavy atom. The van der Waals surface area contributed by atoms with Crippen LogP contribution in [0.5, 0.6) is 0 Å². The summed E-state index contributed by atoms with van der Waals surface area (Å²) in [6.07, 6.45) is 2.99. The second-order valence-corrected chi connectivity index (χ2v) is 10.2. The summed E-state index contributed by atoms with van der Waals surface area (Å²) in [5.41, 5.74) is 3.50. The molecule has 8 nitrogen and oxygen atoms in total. The number of fused-ring (bicyclic) bond motifs is 1. The molecule has 2 aromatic heterocycles. The standard InChI is InChI=1S/C26H35N5O3/c1-7-31-21-11-10-17(2)13-19(21)14-22(31)18-9-8-12-30(15-18)24(32)20-16-29(6)28-23(20)27-25(33)34-26(3,4)5/h10-11,13-14,16,18H,7-9,12,15H2,1-6H3,(H,27,28,33). The van der Waals surface area contributed by atoms with Gasteiger partial charge in [-0.15, -0.1) is 0 Å². The number of piperidine rings is 1. The first-order chi connectivity index (χ1) is 16.1. The number of hydrogen-bond acceptors (Lipinski definition) is 4. The van der Waals surface area contributed by atoms with Crippen LogP contribution in [-0.2, 0) is 18.3 Å². The normalized spacial score (nSPS) is 16.6. The number of benzene rings is 1. The SMILES string of the molecule is CCn1c(C2CCCN(C(=O)c3cn(C)nc3NC(=O)OC(C)(C)C)C2)cc2cc(C)ccc21. The molecule has 0 spiro atoms. The van der Waals surface area contributed by atoms with Crippen LogP contribution in [0.1, 0.15) is 68.1 Å². The zero-order valence-electron chi connectivity index (χ0n) is 21.0. The van der Waals surface area contributed by atoms with E-state index < -0.39 is 11.7 Å². The summed E-state index contributed by atoms with van der Waals surface area (Å²) in [6.45, 7) is 11.9. The molecule has 2 amide bonds. The lowest BCUT2D eigenvalue weighted by molar-refractivity contribution is 0.0635. The topological polar surface area (TPSA) is 81.4 Å². The number of aryl methyl sites for hydroxylation is 3. The van der Waals surface area contributed by atoms with Crippen molar-refractivity contribution >= 4 is 28.7 Å². The molecule has 0 aliphatic carbocycles. The van der Waals surface area contributed by atoms with E-state index in [4.69, 9.17) is 4.74 Å². The Kier molecular flexibility index (Phi) is 6.43. The zero-order chi connectivity index (χ0) is 24.6. The fraction of sp³-hybridized carbons (Fsp3) is 0.500. The van der Waals surface area contributed by atoms with E-state index >= 15 is 0 Å². The molecule has 4 rings (SSSR count). The highest BCUT2D eigenvalue weighted by Gasteiger charge is 2.30. The van der Waals surface area contributed by atoms with Gasteiger partial charge in [0.1, 0.15) is 11.2 Å². The van der Waals surface area contributed by atoms with Gasteiger partial charge in [-0.05, 0) is 65.7 Å². The first-order valence-electron chi connectivity index (χ1n) is 12.0. The quantitative estimate of drug-likeness (QED) is 0.583. The van der Waals surface area contributed by atoms with Crippen molar-refractivity contribution in [2.24, 2.45) is 7.05 Å². The predicted octanol–water partition coefficient (Wildman–Crippen LogP) is 5.07. The molecular formula is C26H35N5O3. The van der Waals surface area contributed by atoms with E-state index in [0.29, 0.717) is 18.7 Å². The van der Waals surface area contributed by atoms with E-state index in [1.54, 1.807) is 38.7 Å². The molecule has 0 saturated carbocycles. The van der Waals surface area contributed by atoms with E-state index in [2.05, 4.69) is 53.1 Å². The van der Waals surface area contributed by atoms with Gasteiger partial charge in [0.2, 0.25) is 0 Å². The minimum atomic E-state index is -0.639.